The van der Waals surface area contributed by atoms with Crippen molar-refractivity contribution in [1.82, 2.24) is 5.32 Å². The number of amides is 1. The monoisotopic (exact) mass is 365 g/mol. The fourth-order valence-electron chi connectivity index (χ4n) is 1.48. The number of nitrogens with one attached hydrogen (secondary N) is 1. The van der Waals surface area contributed by atoms with Crippen LogP contribution in [0.5, 0.6) is 0 Å². The first kappa shape index (κ1) is 14.8. The van der Waals surface area contributed by atoms with Crippen molar-refractivity contribution in [2.75, 3.05) is 12.4 Å². The van der Waals surface area contributed by atoms with Gasteiger partial charge in [0.15, 0.2) is 0 Å². The molecule has 2 nitrogen and oxygen atoms in total. The van der Waals surface area contributed by atoms with Gasteiger partial charge in [0.05, 0.1) is 0 Å². The summed E-state index contributed by atoms with van der Waals surface area (Å²) in [5.74, 6) is 0.744. The molecule has 0 spiro atoms. The number of alkyl halides is 1. The van der Waals surface area contributed by atoms with Crippen LogP contribution < -0.4 is 5.32 Å². The molecule has 0 aliphatic heterocycles. The molecule has 17 heavy (non-hydrogen) atoms. The highest BCUT2D eigenvalue weighted by Crippen LogP contribution is 2.06. The van der Waals surface area contributed by atoms with Crippen LogP contribution in [0.1, 0.15) is 36.0 Å². The summed E-state index contributed by atoms with van der Waals surface area (Å²) in [6.07, 6.45) is 4.35. The molecule has 94 valence electrons. The number of halogens is 2. The van der Waals surface area contributed by atoms with Crippen LogP contribution in [0.3, 0.4) is 0 Å². The molecule has 0 atom stereocenters. The minimum atomic E-state index is 0.0127. The Morgan fingerprint density at radius 1 is 1.12 bits per heavy atom. The predicted octanol–water partition coefficient (Wildman–Crippen LogP) is 3.82. The molecule has 1 N–H and O–H groups in total. The molecule has 0 aliphatic carbocycles. The molecule has 0 saturated carbocycles. The molecule has 0 saturated heterocycles. The highest BCUT2D eigenvalue weighted by atomic mass is 127. The second-order valence-corrected chi connectivity index (χ2v) is 5.49. The van der Waals surface area contributed by atoms with Gasteiger partial charge in [-0.15, -0.1) is 11.6 Å². The van der Waals surface area contributed by atoms with Gasteiger partial charge in [0, 0.05) is 21.6 Å². The Morgan fingerprint density at radius 2 is 1.76 bits per heavy atom. The lowest BCUT2D eigenvalue weighted by atomic mass is 10.2. The van der Waals surface area contributed by atoms with Crippen LogP contribution in [0, 0.1) is 3.57 Å². The first-order valence-corrected chi connectivity index (χ1v) is 7.45. The summed E-state index contributed by atoms with van der Waals surface area (Å²) >= 11 is 7.81. The minimum absolute atomic E-state index is 0.0127. The molecule has 0 aliphatic rings. The van der Waals surface area contributed by atoms with Crippen molar-refractivity contribution in [3.8, 4) is 0 Å². The van der Waals surface area contributed by atoms with Gasteiger partial charge in [0.1, 0.15) is 0 Å². The van der Waals surface area contributed by atoms with E-state index < -0.39 is 0 Å². The average Bonchev–Trinajstić information content (AvgIpc) is 2.34. The van der Waals surface area contributed by atoms with Crippen molar-refractivity contribution in [2.45, 2.75) is 25.7 Å². The summed E-state index contributed by atoms with van der Waals surface area (Å²) in [6, 6.07) is 7.58. The number of carbonyl (C=O) groups is 1. The van der Waals surface area contributed by atoms with Crippen LogP contribution >= 0.6 is 34.2 Å². The molecule has 4 heteroatoms. The second kappa shape index (κ2) is 8.75. The van der Waals surface area contributed by atoms with Crippen LogP contribution in [-0.2, 0) is 0 Å². The molecule has 0 fully saturated rings. The van der Waals surface area contributed by atoms with Gasteiger partial charge in [0.2, 0.25) is 0 Å². The molecule has 1 amide bonds. The second-order valence-electron chi connectivity index (χ2n) is 3.87. The highest BCUT2D eigenvalue weighted by Gasteiger charge is 2.03. The van der Waals surface area contributed by atoms with E-state index in [1.54, 1.807) is 0 Å². The van der Waals surface area contributed by atoms with Crippen LogP contribution in [0.2, 0.25) is 0 Å². The van der Waals surface area contributed by atoms with Crippen molar-refractivity contribution in [2.24, 2.45) is 0 Å². The number of rotatable bonds is 7. The van der Waals surface area contributed by atoms with E-state index in [0.717, 1.165) is 47.2 Å². The van der Waals surface area contributed by atoms with E-state index in [1.807, 2.05) is 24.3 Å². The molecule has 0 bridgehead atoms. The largest absolute Gasteiger partial charge is 0.352 e. The molecular formula is C13H17ClINO. The van der Waals surface area contributed by atoms with Gasteiger partial charge in [-0.25, -0.2) is 0 Å². The third-order valence-corrected chi connectivity index (χ3v) is 3.44. The smallest absolute Gasteiger partial charge is 0.251 e. The van der Waals surface area contributed by atoms with Crippen LogP contribution in [0.25, 0.3) is 0 Å². The maximum Gasteiger partial charge on any atom is 0.251 e. The molecule has 0 radical (unpaired) electrons. The summed E-state index contributed by atoms with van der Waals surface area (Å²) in [7, 11) is 0. The number of carbonyl (C=O) groups excluding carboxylic acids is 1. The summed E-state index contributed by atoms with van der Waals surface area (Å²) in [5, 5.41) is 2.92. The lowest BCUT2D eigenvalue weighted by Gasteiger charge is -2.05. The predicted molar refractivity (Wildman–Crippen MR) is 80.7 cm³/mol. The standard InChI is InChI=1S/C13H17ClINO/c14-9-3-1-2-4-10-16-13(17)11-5-7-12(15)8-6-11/h5-8H,1-4,9-10H2,(H,16,17). The van der Waals surface area contributed by atoms with Gasteiger partial charge in [-0.1, -0.05) is 12.8 Å². The zero-order valence-electron chi connectivity index (χ0n) is 9.72. The highest BCUT2D eigenvalue weighted by molar-refractivity contribution is 14.1. The Hall–Kier alpha value is -0.290. The van der Waals surface area contributed by atoms with Gasteiger partial charge in [0.25, 0.3) is 5.91 Å². The SMILES string of the molecule is O=C(NCCCCCCCl)c1ccc(I)cc1. The van der Waals surface area contributed by atoms with Crippen molar-refractivity contribution in [3.05, 3.63) is 33.4 Å². The molecular weight excluding hydrogens is 349 g/mol. The fourth-order valence-corrected chi connectivity index (χ4v) is 2.03. The normalized spacial score (nSPS) is 10.2. The van der Waals surface area contributed by atoms with Crippen LogP contribution in [-0.4, -0.2) is 18.3 Å². The van der Waals surface area contributed by atoms with E-state index in [0.29, 0.717) is 0 Å². The quantitative estimate of drug-likeness (QED) is 0.444. The number of benzene rings is 1. The van der Waals surface area contributed by atoms with Crippen LogP contribution in [0.15, 0.2) is 24.3 Å². The summed E-state index contributed by atoms with van der Waals surface area (Å²) < 4.78 is 1.14. The zero-order chi connectivity index (χ0) is 12.5. The van der Waals surface area contributed by atoms with Crippen LogP contribution in [0.4, 0.5) is 0 Å². The summed E-state index contributed by atoms with van der Waals surface area (Å²) in [5.41, 5.74) is 0.728. The Labute approximate surface area is 121 Å². The Morgan fingerprint density at radius 3 is 2.41 bits per heavy atom. The molecule has 1 aromatic carbocycles. The van der Waals surface area contributed by atoms with Gasteiger partial charge >= 0.3 is 0 Å². The van der Waals surface area contributed by atoms with Crippen molar-refractivity contribution in [1.29, 1.82) is 0 Å². The topological polar surface area (TPSA) is 29.1 Å². The minimum Gasteiger partial charge on any atom is -0.352 e. The van der Waals surface area contributed by atoms with E-state index in [4.69, 9.17) is 11.6 Å². The van der Waals surface area contributed by atoms with Crippen molar-refractivity contribution >= 4 is 40.1 Å². The maximum absolute atomic E-state index is 11.7. The Balaban J connectivity index is 2.19. The first-order valence-electron chi connectivity index (χ1n) is 5.84. The first-order chi connectivity index (χ1) is 8.24. The number of hydrogen-bond acceptors (Lipinski definition) is 1. The lowest BCUT2D eigenvalue weighted by molar-refractivity contribution is 0.0953. The molecule has 1 aromatic rings. The lowest BCUT2D eigenvalue weighted by Crippen LogP contribution is -2.24. The third-order valence-electron chi connectivity index (χ3n) is 2.45. The van der Waals surface area contributed by atoms with Gasteiger partial charge in [-0.05, 0) is 59.7 Å². The summed E-state index contributed by atoms with van der Waals surface area (Å²) in [4.78, 5) is 11.7. The molecule has 0 unspecified atom stereocenters. The number of hydrogen-bond donors (Lipinski definition) is 1. The zero-order valence-corrected chi connectivity index (χ0v) is 12.6. The molecule has 0 heterocycles. The van der Waals surface area contributed by atoms with Gasteiger partial charge in [-0.2, -0.15) is 0 Å². The summed E-state index contributed by atoms with van der Waals surface area (Å²) in [6.45, 7) is 0.743. The van der Waals surface area contributed by atoms with Crippen molar-refractivity contribution in [3.63, 3.8) is 0 Å². The van der Waals surface area contributed by atoms with Crippen molar-refractivity contribution < 1.29 is 4.79 Å². The van der Waals surface area contributed by atoms with Gasteiger partial charge in [-0.3, -0.25) is 4.79 Å². The van der Waals surface area contributed by atoms with E-state index in [1.165, 1.54) is 0 Å². The fraction of sp³-hybridized carbons (Fsp3) is 0.462. The van der Waals surface area contributed by atoms with E-state index in [2.05, 4.69) is 27.9 Å². The number of unbranched alkanes of at least 4 members (excludes halogenated alkanes) is 3. The Kier molecular flexibility index (Phi) is 7.60. The maximum atomic E-state index is 11.7. The molecule has 1 rings (SSSR count). The van der Waals surface area contributed by atoms with E-state index in [-0.39, 0.29) is 5.91 Å². The third kappa shape index (κ3) is 6.27. The average molecular weight is 366 g/mol. The Bertz CT molecular complexity index is 340. The van der Waals surface area contributed by atoms with E-state index >= 15 is 0 Å². The van der Waals surface area contributed by atoms with E-state index in [9.17, 15) is 4.79 Å². The molecule has 0 aromatic heterocycles. The van der Waals surface area contributed by atoms with Gasteiger partial charge < -0.3 is 5.32 Å².